The summed E-state index contributed by atoms with van der Waals surface area (Å²) in [5.41, 5.74) is 2.10. The maximum Gasteiger partial charge on any atom is 0.270 e. The molecule has 5 nitrogen and oxygen atoms in total. The van der Waals surface area contributed by atoms with Gasteiger partial charge in [-0.25, -0.2) is 9.97 Å². The molecule has 28 heavy (non-hydrogen) atoms. The molecule has 148 valence electrons. The maximum absolute atomic E-state index is 13.1. The third-order valence-corrected chi connectivity index (χ3v) is 5.20. The molecule has 0 bridgehead atoms. The van der Waals surface area contributed by atoms with Crippen molar-refractivity contribution in [3.63, 3.8) is 0 Å². The fraction of sp³-hybridized carbons (Fsp3) is 0.409. The van der Waals surface area contributed by atoms with Crippen molar-refractivity contribution in [2.45, 2.75) is 58.1 Å². The summed E-state index contributed by atoms with van der Waals surface area (Å²) in [7, 11) is 0. The number of nitrogens with zero attached hydrogens (tertiary/aromatic N) is 2. The number of halogens is 1. The number of pyridine rings is 2. The minimum Gasteiger partial charge on any atom is -0.391 e. The Morgan fingerprint density at radius 2 is 2.07 bits per heavy atom. The molecule has 1 fully saturated rings. The molecule has 3 rings (SSSR count). The summed E-state index contributed by atoms with van der Waals surface area (Å²) >= 11 is 0. The predicted octanol–water partition coefficient (Wildman–Crippen LogP) is 1.84. The molecule has 6 heteroatoms. The topological polar surface area (TPSA) is 75.1 Å². The normalized spacial score (nSPS) is 21.0. The first-order chi connectivity index (χ1) is 13.5. The fourth-order valence-electron chi connectivity index (χ4n) is 3.70. The average Bonchev–Trinajstić information content (AvgIpc) is 2.70. The molecule has 0 spiro atoms. The van der Waals surface area contributed by atoms with E-state index in [4.69, 9.17) is 0 Å². The van der Waals surface area contributed by atoms with Crippen molar-refractivity contribution in [1.82, 2.24) is 15.3 Å². The van der Waals surface area contributed by atoms with Crippen molar-refractivity contribution in [3.8, 4) is 0 Å². The minimum absolute atomic E-state index is 0.237. The molecule has 0 aliphatic heterocycles. The highest BCUT2D eigenvalue weighted by Gasteiger charge is 2.25. The molecule has 0 radical (unpaired) electrons. The molecule has 0 aromatic carbocycles. The minimum atomic E-state index is -0.519. The molecular weight excluding hydrogens is 357 g/mol. The Bertz CT molecular complexity index is 957. The number of hydrogen-bond donors (Lipinski definition) is 2. The summed E-state index contributed by atoms with van der Waals surface area (Å²) < 4.78 is 13.1. The average molecular weight is 383 g/mol. The Labute approximate surface area is 164 Å². The van der Waals surface area contributed by atoms with Crippen molar-refractivity contribution in [3.05, 3.63) is 57.7 Å². The second-order valence-electron chi connectivity index (χ2n) is 7.14. The van der Waals surface area contributed by atoms with Crippen LogP contribution >= 0.6 is 0 Å². The lowest BCUT2D eigenvalue weighted by atomic mass is 9.92. The van der Waals surface area contributed by atoms with Gasteiger partial charge >= 0.3 is 0 Å². The van der Waals surface area contributed by atoms with Crippen LogP contribution in [0.3, 0.4) is 0 Å². The van der Waals surface area contributed by atoms with Crippen LogP contribution < -0.4 is 15.9 Å². The molecule has 1 aliphatic rings. The standard InChI is InChI=1S/C22H26FN3O2/c1-3-16-15(11-14-9-10-21(23)24-13-14)12-19(25-17(16)4-2)22(28)26-18-7-5-6-8-20(18)27/h3-4,9-10,12-13,18,20,27H,5-8,11H2,1-2H3,(H,26,28). The zero-order valence-electron chi connectivity index (χ0n) is 16.3. The number of nitrogens with one attached hydrogen (secondary N) is 1. The third-order valence-electron chi connectivity index (χ3n) is 5.20. The number of aliphatic hydroxyl groups excluding tert-OH is 1. The first-order valence-electron chi connectivity index (χ1n) is 9.73. The van der Waals surface area contributed by atoms with Crippen LogP contribution in [-0.2, 0) is 6.42 Å². The zero-order chi connectivity index (χ0) is 20.1. The molecule has 2 atom stereocenters. The van der Waals surface area contributed by atoms with Crippen LogP contribution in [-0.4, -0.2) is 33.1 Å². The van der Waals surface area contributed by atoms with Gasteiger partial charge in [-0.05, 0) is 61.6 Å². The number of carbonyl (C=O) groups excluding carboxylic acids is 1. The summed E-state index contributed by atoms with van der Waals surface area (Å²) in [6.45, 7) is 3.81. The summed E-state index contributed by atoms with van der Waals surface area (Å²) in [6.07, 6.45) is 8.80. The highest BCUT2D eigenvalue weighted by atomic mass is 19.1. The largest absolute Gasteiger partial charge is 0.391 e. The van der Waals surface area contributed by atoms with Crippen molar-refractivity contribution >= 4 is 18.1 Å². The molecule has 2 heterocycles. The van der Waals surface area contributed by atoms with E-state index in [0.29, 0.717) is 18.5 Å². The van der Waals surface area contributed by atoms with Crippen LogP contribution in [0.15, 0.2) is 24.4 Å². The second kappa shape index (κ2) is 9.06. The molecule has 1 aliphatic carbocycles. The number of rotatable bonds is 4. The molecule has 1 amide bonds. The number of amides is 1. The van der Waals surface area contributed by atoms with Gasteiger partial charge in [0.1, 0.15) is 5.69 Å². The van der Waals surface area contributed by atoms with Gasteiger partial charge in [-0.3, -0.25) is 4.79 Å². The van der Waals surface area contributed by atoms with E-state index in [1.54, 1.807) is 12.1 Å². The van der Waals surface area contributed by atoms with E-state index in [1.165, 1.54) is 12.3 Å². The SMILES string of the molecule is CC=c1nc(C(=O)NC2CCCCC2O)cc(Cc2ccc(F)nc2)c1=CC. The Morgan fingerprint density at radius 1 is 1.29 bits per heavy atom. The maximum atomic E-state index is 13.1. The predicted molar refractivity (Wildman–Crippen MR) is 106 cm³/mol. The molecule has 0 saturated heterocycles. The van der Waals surface area contributed by atoms with E-state index in [2.05, 4.69) is 15.3 Å². The van der Waals surface area contributed by atoms with Crippen LogP contribution in [0, 0.1) is 5.95 Å². The van der Waals surface area contributed by atoms with E-state index in [0.717, 1.165) is 41.0 Å². The van der Waals surface area contributed by atoms with Crippen LogP contribution in [0.1, 0.15) is 61.1 Å². The van der Waals surface area contributed by atoms with Crippen molar-refractivity contribution in [1.29, 1.82) is 0 Å². The van der Waals surface area contributed by atoms with Gasteiger partial charge in [0, 0.05) is 6.20 Å². The van der Waals surface area contributed by atoms with Crippen LogP contribution in [0.25, 0.3) is 12.2 Å². The summed E-state index contributed by atoms with van der Waals surface area (Å²) in [6, 6.07) is 4.56. The number of carbonyl (C=O) groups is 1. The van der Waals surface area contributed by atoms with E-state index >= 15 is 0 Å². The Morgan fingerprint density at radius 3 is 2.71 bits per heavy atom. The first-order valence-corrected chi connectivity index (χ1v) is 9.73. The lowest BCUT2D eigenvalue weighted by Crippen LogP contribution is -2.46. The lowest BCUT2D eigenvalue weighted by molar-refractivity contribution is 0.0713. The monoisotopic (exact) mass is 383 g/mol. The summed E-state index contributed by atoms with van der Waals surface area (Å²) in [4.78, 5) is 21.0. The van der Waals surface area contributed by atoms with Crippen LogP contribution in [0.2, 0.25) is 0 Å². The smallest absolute Gasteiger partial charge is 0.270 e. The van der Waals surface area contributed by atoms with Crippen molar-refractivity contribution in [2.75, 3.05) is 0 Å². The van der Waals surface area contributed by atoms with Gasteiger partial charge in [0.15, 0.2) is 0 Å². The van der Waals surface area contributed by atoms with E-state index in [1.807, 2.05) is 26.0 Å². The highest BCUT2D eigenvalue weighted by molar-refractivity contribution is 5.92. The van der Waals surface area contributed by atoms with Gasteiger partial charge in [0.2, 0.25) is 5.95 Å². The van der Waals surface area contributed by atoms with E-state index in [-0.39, 0.29) is 11.9 Å². The van der Waals surface area contributed by atoms with Gasteiger partial charge in [-0.15, -0.1) is 0 Å². The van der Waals surface area contributed by atoms with Gasteiger partial charge in [-0.2, -0.15) is 4.39 Å². The number of aliphatic hydroxyl groups is 1. The molecular formula is C22H26FN3O2. The third kappa shape index (κ3) is 4.62. The fourth-order valence-corrected chi connectivity index (χ4v) is 3.70. The lowest BCUT2D eigenvalue weighted by Gasteiger charge is -2.28. The number of aromatic nitrogens is 2. The quantitative estimate of drug-likeness (QED) is 0.790. The van der Waals surface area contributed by atoms with Crippen LogP contribution in [0.5, 0.6) is 0 Å². The van der Waals surface area contributed by atoms with E-state index < -0.39 is 12.1 Å². The molecule has 1 saturated carbocycles. The van der Waals surface area contributed by atoms with Crippen molar-refractivity contribution < 1.29 is 14.3 Å². The van der Waals surface area contributed by atoms with Gasteiger partial charge in [-0.1, -0.05) is 31.1 Å². The molecule has 2 N–H and O–H groups in total. The Kier molecular flexibility index (Phi) is 6.52. The second-order valence-corrected chi connectivity index (χ2v) is 7.14. The zero-order valence-corrected chi connectivity index (χ0v) is 16.3. The van der Waals surface area contributed by atoms with Crippen LogP contribution in [0.4, 0.5) is 4.39 Å². The van der Waals surface area contributed by atoms with Gasteiger partial charge < -0.3 is 10.4 Å². The first kappa shape index (κ1) is 20.1. The van der Waals surface area contributed by atoms with E-state index in [9.17, 15) is 14.3 Å². The Hall–Kier alpha value is -2.60. The summed E-state index contributed by atoms with van der Waals surface area (Å²) in [5.74, 6) is -0.801. The molecule has 2 aromatic heterocycles. The Balaban J connectivity index is 1.93. The van der Waals surface area contributed by atoms with Gasteiger partial charge in [0.25, 0.3) is 5.91 Å². The molecule has 2 unspecified atom stereocenters. The van der Waals surface area contributed by atoms with Gasteiger partial charge in [0.05, 0.1) is 17.5 Å². The summed E-state index contributed by atoms with van der Waals surface area (Å²) in [5, 5.41) is 14.7. The highest BCUT2D eigenvalue weighted by Crippen LogP contribution is 2.18. The molecule has 2 aromatic rings. The number of hydrogen-bond acceptors (Lipinski definition) is 4. The van der Waals surface area contributed by atoms with Crippen molar-refractivity contribution in [2.24, 2.45) is 0 Å².